The van der Waals surface area contributed by atoms with Gasteiger partial charge in [-0.3, -0.25) is 0 Å². The van der Waals surface area contributed by atoms with Crippen molar-refractivity contribution in [3.05, 3.63) is 47.8 Å². The predicted octanol–water partition coefficient (Wildman–Crippen LogP) is 5.63. The largest absolute Gasteiger partial charge is 0.461 e. The molecule has 1 aliphatic carbocycles. The van der Waals surface area contributed by atoms with E-state index in [9.17, 15) is 4.79 Å². The Kier molecular flexibility index (Phi) is 4.74. The van der Waals surface area contributed by atoms with E-state index >= 15 is 0 Å². The number of fused-ring (bicyclic) bond motifs is 3. The molecule has 4 heteroatoms. The Morgan fingerprint density at radius 3 is 2.85 bits per heavy atom. The van der Waals surface area contributed by atoms with Gasteiger partial charge < -0.3 is 9.72 Å². The van der Waals surface area contributed by atoms with E-state index in [1.54, 1.807) is 13.1 Å². The van der Waals surface area contributed by atoms with Crippen LogP contribution < -0.4 is 0 Å². The number of esters is 1. The van der Waals surface area contributed by atoms with E-state index in [-0.39, 0.29) is 5.97 Å². The number of hydrogen-bond donors (Lipinski definition) is 1. The van der Waals surface area contributed by atoms with E-state index in [2.05, 4.69) is 34.2 Å². The summed E-state index contributed by atoms with van der Waals surface area (Å²) in [6.07, 6.45) is 11.6. The molecule has 4 rings (SSSR count). The van der Waals surface area contributed by atoms with Gasteiger partial charge in [0, 0.05) is 16.3 Å². The second-order valence-electron chi connectivity index (χ2n) is 6.90. The number of hydrogen-bond acceptors (Lipinski definition) is 3. The molecule has 0 fully saturated rings. The molecular formula is C22H24N2O2. The highest BCUT2D eigenvalue weighted by Gasteiger charge is 2.13. The Morgan fingerprint density at radius 1 is 1.12 bits per heavy atom. The van der Waals surface area contributed by atoms with Crippen molar-refractivity contribution in [1.82, 2.24) is 9.97 Å². The smallest absolute Gasteiger partial charge is 0.356 e. The molecule has 0 radical (unpaired) electrons. The molecule has 2 aromatic heterocycles. The van der Waals surface area contributed by atoms with Crippen molar-refractivity contribution in [3.63, 3.8) is 0 Å². The zero-order chi connectivity index (χ0) is 17.9. The quantitative estimate of drug-likeness (QED) is 0.624. The van der Waals surface area contributed by atoms with Crippen molar-refractivity contribution in [3.8, 4) is 0 Å². The van der Waals surface area contributed by atoms with Crippen molar-refractivity contribution in [2.24, 2.45) is 0 Å². The van der Waals surface area contributed by atoms with Crippen molar-refractivity contribution in [2.45, 2.75) is 45.4 Å². The minimum Gasteiger partial charge on any atom is -0.461 e. The molecule has 0 unspecified atom stereocenters. The van der Waals surface area contributed by atoms with Crippen LogP contribution in [0.3, 0.4) is 0 Å². The first kappa shape index (κ1) is 16.8. The van der Waals surface area contributed by atoms with E-state index in [0.717, 1.165) is 34.6 Å². The molecule has 1 N–H and O–H groups in total. The average molecular weight is 348 g/mol. The maximum atomic E-state index is 12.0. The Hall–Kier alpha value is -2.62. The van der Waals surface area contributed by atoms with Crippen LogP contribution in [0.5, 0.6) is 0 Å². The molecule has 3 aromatic rings. The van der Waals surface area contributed by atoms with Crippen LogP contribution >= 0.6 is 0 Å². The van der Waals surface area contributed by atoms with Gasteiger partial charge in [0.05, 0.1) is 18.3 Å². The Balaban J connectivity index is 1.79. The maximum Gasteiger partial charge on any atom is 0.356 e. The van der Waals surface area contributed by atoms with Crippen LogP contribution in [0.2, 0.25) is 0 Å². The number of aromatic amines is 1. The fraction of sp³-hybridized carbons (Fsp3) is 0.364. The third kappa shape index (κ3) is 3.24. The maximum absolute atomic E-state index is 12.0. The molecule has 0 saturated carbocycles. The summed E-state index contributed by atoms with van der Waals surface area (Å²) in [5.74, 6) is -0.373. The highest BCUT2D eigenvalue weighted by atomic mass is 16.5. The summed E-state index contributed by atoms with van der Waals surface area (Å²) >= 11 is 0. The molecule has 26 heavy (non-hydrogen) atoms. The molecule has 0 amide bonds. The van der Waals surface area contributed by atoms with Gasteiger partial charge in [-0.05, 0) is 61.9 Å². The number of aromatic nitrogens is 2. The summed E-state index contributed by atoms with van der Waals surface area (Å²) in [5.41, 5.74) is 5.10. The van der Waals surface area contributed by atoms with Gasteiger partial charge >= 0.3 is 5.97 Å². The topological polar surface area (TPSA) is 55.0 Å². The number of nitrogens with one attached hydrogen (secondary N) is 1. The molecule has 0 spiro atoms. The number of carbonyl (C=O) groups excluding carboxylic acids is 1. The second kappa shape index (κ2) is 7.32. The lowest BCUT2D eigenvalue weighted by Gasteiger charge is -2.12. The molecule has 1 aliphatic rings. The monoisotopic (exact) mass is 348 g/mol. The highest BCUT2D eigenvalue weighted by Crippen LogP contribution is 2.31. The molecule has 0 atom stereocenters. The number of carbonyl (C=O) groups is 1. The lowest BCUT2D eigenvalue weighted by Crippen LogP contribution is -2.06. The fourth-order valence-electron chi connectivity index (χ4n) is 3.77. The van der Waals surface area contributed by atoms with E-state index in [0.29, 0.717) is 12.3 Å². The third-order valence-electron chi connectivity index (χ3n) is 5.13. The number of allylic oxidation sites excluding steroid dienone is 2. The number of H-pyrrole nitrogens is 1. The summed E-state index contributed by atoms with van der Waals surface area (Å²) < 4.78 is 5.09. The molecule has 2 heterocycles. The van der Waals surface area contributed by atoms with Crippen molar-refractivity contribution < 1.29 is 9.53 Å². The summed E-state index contributed by atoms with van der Waals surface area (Å²) in [6, 6.07) is 8.41. The zero-order valence-electron chi connectivity index (χ0n) is 15.2. The molecule has 0 aliphatic heterocycles. The summed E-state index contributed by atoms with van der Waals surface area (Å²) in [6.45, 7) is 2.15. The first-order valence-electron chi connectivity index (χ1n) is 9.54. The van der Waals surface area contributed by atoms with Crippen LogP contribution in [0.15, 0.2) is 36.5 Å². The Morgan fingerprint density at radius 2 is 1.96 bits per heavy atom. The SMILES string of the molecule is CCOC(=O)c1cc2c(cn1)[nH]c1ccc(C3=CCCCCCC3)cc12. The van der Waals surface area contributed by atoms with Gasteiger partial charge in [-0.25, -0.2) is 9.78 Å². The van der Waals surface area contributed by atoms with Crippen LogP contribution in [0.4, 0.5) is 0 Å². The number of rotatable bonds is 3. The van der Waals surface area contributed by atoms with Crippen molar-refractivity contribution >= 4 is 33.3 Å². The molecule has 0 bridgehead atoms. The fourth-order valence-corrected chi connectivity index (χ4v) is 3.77. The summed E-state index contributed by atoms with van der Waals surface area (Å²) in [7, 11) is 0. The van der Waals surface area contributed by atoms with E-state index in [1.807, 2.05) is 6.07 Å². The first-order valence-corrected chi connectivity index (χ1v) is 9.54. The van der Waals surface area contributed by atoms with E-state index in [4.69, 9.17) is 4.74 Å². The van der Waals surface area contributed by atoms with Crippen LogP contribution in [-0.2, 0) is 4.74 Å². The number of benzene rings is 1. The summed E-state index contributed by atoms with van der Waals surface area (Å²) in [4.78, 5) is 19.7. The van der Waals surface area contributed by atoms with Crippen molar-refractivity contribution in [1.29, 1.82) is 0 Å². The highest BCUT2D eigenvalue weighted by molar-refractivity contribution is 6.09. The number of pyridine rings is 1. The lowest BCUT2D eigenvalue weighted by molar-refractivity contribution is 0.0520. The lowest BCUT2D eigenvalue weighted by atomic mass is 9.94. The molecule has 1 aromatic carbocycles. The number of nitrogens with zero attached hydrogens (tertiary/aromatic N) is 1. The van der Waals surface area contributed by atoms with Crippen LogP contribution in [0.25, 0.3) is 27.4 Å². The molecule has 4 nitrogen and oxygen atoms in total. The van der Waals surface area contributed by atoms with Gasteiger partial charge in [0.2, 0.25) is 0 Å². The average Bonchev–Trinajstić information content (AvgIpc) is 2.99. The van der Waals surface area contributed by atoms with Gasteiger partial charge in [-0.2, -0.15) is 0 Å². The number of ether oxygens (including phenoxy) is 1. The van der Waals surface area contributed by atoms with Crippen LogP contribution in [0.1, 0.15) is 61.5 Å². The van der Waals surface area contributed by atoms with E-state index < -0.39 is 0 Å². The summed E-state index contributed by atoms with van der Waals surface area (Å²) in [5, 5.41) is 2.15. The Bertz CT molecular complexity index is 984. The van der Waals surface area contributed by atoms with Gasteiger partial charge in [0.25, 0.3) is 0 Å². The van der Waals surface area contributed by atoms with Gasteiger partial charge in [0.1, 0.15) is 5.69 Å². The predicted molar refractivity (Wildman–Crippen MR) is 105 cm³/mol. The minimum atomic E-state index is -0.373. The molecule has 134 valence electrons. The molecular weight excluding hydrogens is 324 g/mol. The van der Waals surface area contributed by atoms with Gasteiger partial charge in [0.15, 0.2) is 0 Å². The molecule has 0 saturated heterocycles. The first-order chi connectivity index (χ1) is 12.8. The van der Waals surface area contributed by atoms with Crippen LogP contribution in [-0.4, -0.2) is 22.5 Å². The van der Waals surface area contributed by atoms with Crippen LogP contribution in [0, 0.1) is 0 Å². The minimum absolute atomic E-state index is 0.352. The van der Waals surface area contributed by atoms with E-state index in [1.165, 1.54) is 36.8 Å². The zero-order valence-corrected chi connectivity index (χ0v) is 15.2. The van der Waals surface area contributed by atoms with Crippen molar-refractivity contribution in [2.75, 3.05) is 6.61 Å². The Labute approximate surface area is 153 Å². The standard InChI is InChI=1S/C22H24N2O2/c1-2-26-22(25)20-13-18-17-12-16(15-8-6-4-3-5-7-9-15)10-11-19(17)24-21(18)14-23-20/h8,10-14,24H,2-7,9H2,1H3. The van der Waals surface area contributed by atoms with Gasteiger partial charge in [-0.15, -0.1) is 0 Å². The van der Waals surface area contributed by atoms with Gasteiger partial charge in [-0.1, -0.05) is 25.0 Å². The second-order valence-corrected chi connectivity index (χ2v) is 6.90. The normalized spacial score (nSPS) is 15.5. The third-order valence-corrected chi connectivity index (χ3v) is 5.13.